The second kappa shape index (κ2) is 7.09. The lowest BCUT2D eigenvalue weighted by Gasteiger charge is -2.09. The van der Waals surface area contributed by atoms with Crippen LogP contribution in [0.15, 0.2) is 48.5 Å². The van der Waals surface area contributed by atoms with Crippen LogP contribution >= 0.6 is 11.6 Å². The van der Waals surface area contributed by atoms with Crippen molar-refractivity contribution in [3.05, 3.63) is 64.7 Å². The van der Waals surface area contributed by atoms with E-state index in [1.807, 2.05) is 0 Å². The molecule has 0 atom stereocenters. The summed E-state index contributed by atoms with van der Waals surface area (Å²) >= 11 is 5.78. The molecule has 0 spiro atoms. The summed E-state index contributed by atoms with van der Waals surface area (Å²) in [6.45, 7) is 3.58. The molecule has 0 unspecified atom stereocenters. The van der Waals surface area contributed by atoms with Crippen LogP contribution in [0.1, 0.15) is 34.6 Å². The largest absolute Gasteiger partial charge is 0.459 e. The van der Waals surface area contributed by atoms with E-state index in [-0.39, 0.29) is 18.0 Å². The van der Waals surface area contributed by atoms with Crippen molar-refractivity contribution >= 4 is 29.2 Å². The van der Waals surface area contributed by atoms with E-state index < -0.39 is 0 Å². The van der Waals surface area contributed by atoms with Crippen LogP contribution in [0.3, 0.4) is 0 Å². The van der Waals surface area contributed by atoms with Gasteiger partial charge in [0.1, 0.15) is 0 Å². The normalized spacial score (nSPS) is 10.4. The van der Waals surface area contributed by atoms with Gasteiger partial charge in [0, 0.05) is 16.3 Å². The van der Waals surface area contributed by atoms with E-state index in [9.17, 15) is 9.59 Å². The molecule has 1 amide bonds. The summed E-state index contributed by atoms with van der Waals surface area (Å²) in [5.41, 5.74) is 1.55. The maximum Gasteiger partial charge on any atom is 0.338 e. The Balaban J connectivity index is 2.03. The van der Waals surface area contributed by atoms with E-state index in [1.54, 1.807) is 62.4 Å². The average molecular weight is 318 g/mol. The first-order chi connectivity index (χ1) is 10.5. The van der Waals surface area contributed by atoms with E-state index in [2.05, 4.69) is 5.32 Å². The Morgan fingerprint density at radius 1 is 0.955 bits per heavy atom. The molecule has 2 aromatic rings. The van der Waals surface area contributed by atoms with Crippen molar-refractivity contribution < 1.29 is 14.3 Å². The first-order valence-electron chi connectivity index (χ1n) is 6.83. The van der Waals surface area contributed by atoms with Crippen molar-refractivity contribution in [1.29, 1.82) is 0 Å². The van der Waals surface area contributed by atoms with E-state index in [0.29, 0.717) is 21.8 Å². The van der Waals surface area contributed by atoms with Crippen LogP contribution in [-0.2, 0) is 4.74 Å². The van der Waals surface area contributed by atoms with Crippen LogP contribution in [0.2, 0.25) is 5.02 Å². The SMILES string of the molecule is CC(C)OC(=O)c1ccc(NC(=O)c2ccc(Cl)cc2)cc1. The quantitative estimate of drug-likeness (QED) is 0.861. The summed E-state index contributed by atoms with van der Waals surface area (Å²) in [6, 6.07) is 13.1. The molecule has 2 aromatic carbocycles. The molecule has 1 N–H and O–H groups in total. The highest BCUT2D eigenvalue weighted by Crippen LogP contribution is 2.14. The van der Waals surface area contributed by atoms with Crippen molar-refractivity contribution in [2.75, 3.05) is 5.32 Å². The Labute approximate surface area is 134 Å². The predicted octanol–water partition coefficient (Wildman–Crippen LogP) is 4.16. The molecule has 114 valence electrons. The number of anilines is 1. The molecule has 0 saturated heterocycles. The third-order valence-electron chi connectivity index (χ3n) is 2.83. The van der Waals surface area contributed by atoms with Gasteiger partial charge >= 0.3 is 5.97 Å². The second-order valence-electron chi connectivity index (χ2n) is 4.99. The summed E-state index contributed by atoms with van der Waals surface area (Å²) < 4.78 is 5.10. The maximum absolute atomic E-state index is 12.0. The van der Waals surface area contributed by atoms with Crippen LogP contribution in [0.25, 0.3) is 0 Å². The van der Waals surface area contributed by atoms with Crippen molar-refractivity contribution in [3.63, 3.8) is 0 Å². The maximum atomic E-state index is 12.0. The van der Waals surface area contributed by atoms with E-state index in [1.165, 1.54) is 0 Å². The molecule has 0 aromatic heterocycles. The highest BCUT2D eigenvalue weighted by molar-refractivity contribution is 6.30. The Bertz CT molecular complexity index is 663. The number of halogens is 1. The van der Waals surface area contributed by atoms with Gasteiger partial charge in [0.15, 0.2) is 0 Å². The monoisotopic (exact) mass is 317 g/mol. The summed E-state index contributed by atoms with van der Waals surface area (Å²) in [7, 11) is 0. The first-order valence-corrected chi connectivity index (χ1v) is 7.21. The van der Waals surface area contributed by atoms with Crippen LogP contribution in [0, 0.1) is 0 Å². The number of ether oxygens (including phenoxy) is 1. The molecular formula is C17H16ClNO3. The molecule has 0 saturated carbocycles. The van der Waals surface area contributed by atoms with Gasteiger partial charge < -0.3 is 10.1 Å². The Kier molecular flexibility index (Phi) is 5.17. The van der Waals surface area contributed by atoms with Crippen molar-refractivity contribution in [2.24, 2.45) is 0 Å². The zero-order valence-electron chi connectivity index (χ0n) is 12.3. The molecule has 4 nitrogen and oxygen atoms in total. The third-order valence-corrected chi connectivity index (χ3v) is 3.08. The summed E-state index contributed by atoms with van der Waals surface area (Å²) in [6.07, 6.45) is -0.170. The number of esters is 1. The Morgan fingerprint density at radius 2 is 1.50 bits per heavy atom. The van der Waals surface area contributed by atoms with Crippen LogP contribution in [-0.4, -0.2) is 18.0 Å². The molecule has 0 aliphatic heterocycles. The smallest absolute Gasteiger partial charge is 0.338 e. The van der Waals surface area contributed by atoms with Gasteiger partial charge in [-0.2, -0.15) is 0 Å². The van der Waals surface area contributed by atoms with E-state index in [0.717, 1.165) is 0 Å². The molecule has 22 heavy (non-hydrogen) atoms. The fourth-order valence-corrected chi connectivity index (χ4v) is 1.90. The van der Waals surface area contributed by atoms with Crippen LogP contribution in [0.5, 0.6) is 0 Å². The molecule has 0 heterocycles. The predicted molar refractivity (Wildman–Crippen MR) is 86.4 cm³/mol. The van der Waals surface area contributed by atoms with E-state index >= 15 is 0 Å². The van der Waals surface area contributed by atoms with Gasteiger partial charge in [0.2, 0.25) is 0 Å². The number of hydrogen-bond acceptors (Lipinski definition) is 3. The minimum Gasteiger partial charge on any atom is -0.459 e. The lowest BCUT2D eigenvalue weighted by atomic mass is 10.2. The van der Waals surface area contributed by atoms with Gasteiger partial charge in [0.05, 0.1) is 11.7 Å². The standard InChI is InChI=1S/C17H16ClNO3/c1-11(2)22-17(21)13-5-9-15(10-6-13)19-16(20)12-3-7-14(18)8-4-12/h3-11H,1-2H3,(H,19,20). The molecular weight excluding hydrogens is 302 g/mol. The number of hydrogen-bond donors (Lipinski definition) is 1. The molecule has 2 rings (SSSR count). The third kappa shape index (κ3) is 4.33. The number of rotatable bonds is 4. The van der Waals surface area contributed by atoms with Gasteiger partial charge in [-0.15, -0.1) is 0 Å². The fraction of sp³-hybridized carbons (Fsp3) is 0.176. The number of carbonyl (C=O) groups is 2. The highest BCUT2D eigenvalue weighted by atomic mass is 35.5. The van der Waals surface area contributed by atoms with Gasteiger partial charge in [-0.25, -0.2) is 4.79 Å². The average Bonchev–Trinajstić information content (AvgIpc) is 2.48. The number of nitrogens with one attached hydrogen (secondary N) is 1. The summed E-state index contributed by atoms with van der Waals surface area (Å²) in [5, 5.41) is 3.32. The molecule has 0 fully saturated rings. The van der Waals surface area contributed by atoms with Gasteiger partial charge in [-0.3, -0.25) is 4.79 Å². The van der Waals surface area contributed by atoms with Crippen LogP contribution < -0.4 is 5.32 Å². The van der Waals surface area contributed by atoms with Gasteiger partial charge in [0.25, 0.3) is 5.91 Å². The molecule has 0 aliphatic carbocycles. The summed E-state index contributed by atoms with van der Waals surface area (Å²) in [5.74, 6) is -0.625. The topological polar surface area (TPSA) is 55.4 Å². The van der Waals surface area contributed by atoms with Crippen molar-refractivity contribution in [2.45, 2.75) is 20.0 Å². The second-order valence-corrected chi connectivity index (χ2v) is 5.43. The minimum atomic E-state index is -0.384. The molecule has 0 aliphatic rings. The first kappa shape index (κ1) is 16.0. The van der Waals surface area contributed by atoms with Crippen molar-refractivity contribution in [3.8, 4) is 0 Å². The zero-order valence-corrected chi connectivity index (χ0v) is 13.1. The molecule has 0 bridgehead atoms. The number of benzene rings is 2. The van der Waals surface area contributed by atoms with Crippen molar-refractivity contribution in [1.82, 2.24) is 0 Å². The minimum absolute atomic E-state index is 0.170. The zero-order chi connectivity index (χ0) is 16.1. The van der Waals surface area contributed by atoms with Gasteiger partial charge in [-0.05, 0) is 62.4 Å². The number of amides is 1. The Hall–Kier alpha value is -2.33. The number of carbonyl (C=O) groups excluding carboxylic acids is 2. The molecule has 0 radical (unpaired) electrons. The van der Waals surface area contributed by atoms with Gasteiger partial charge in [-0.1, -0.05) is 11.6 Å². The lowest BCUT2D eigenvalue weighted by Crippen LogP contribution is -2.13. The fourth-order valence-electron chi connectivity index (χ4n) is 1.78. The van der Waals surface area contributed by atoms with E-state index in [4.69, 9.17) is 16.3 Å². The highest BCUT2D eigenvalue weighted by Gasteiger charge is 2.10. The van der Waals surface area contributed by atoms with Crippen LogP contribution in [0.4, 0.5) is 5.69 Å². The lowest BCUT2D eigenvalue weighted by molar-refractivity contribution is 0.0378. The summed E-state index contributed by atoms with van der Waals surface area (Å²) in [4.78, 5) is 23.8. The Morgan fingerprint density at radius 3 is 2.05 bits per heavy atom. The molecule has 5 heteroatoms.